The van der Waals surface area contributed by atoms with Gasteiger partial charge in [0, 0.05) is 23.2 Å². The van der Waals surface area contributed by atoms with E-state index in [1.807, 2.05) is 23.1 Å². The number of hydrogen-bond donors (Lipinski definition) is 0. The first-order chi connectivity index (χ1) is 15.0. The Morgan fingerprint density at radius 3 is 2.42 bits per heavy atom. The van der Waals surface area contributed by atoms with Crippen molar-refractivity contribution in [1.82, 2.24) is 4.90 Å². The van der Waals surface area contributed by atoms with Gasteiger partial charge in [-0.2, -0.15) is 0 Å². The summed E-state index contributed by atoms with van der Waals surface area (Å²) in [6, 6.07) is 6.93. The average molecular weight is 421 g/mol. The lowest BCUT2D eigenvalue weighted by atomic mass is 9.79. The molecule has 0 radical (unpaired) electrons. The van der Waals surface area contributed by atoms with Gasteiger partial charge < -0.3 is 23.8 Å². The van der Waals surface area contributed by atoms with Crippen LogP contribution in [0.25, 0.3) is 11.3 Å². The lowest BCUT2D eigenvalue weighted by Gasteiger charge is -2.44. The SMILES string of the molecule is COc1ccc2c(c1OC)C(C(C)=O)N1CCc3cc4c(cc3C1=C2C(C)=O)OCO4. The molecule has 5 rings (SSSR count). The summed E-state index contributed by atoms with van der Waals surface area (Å²) in [7, 11) is 3.11. The van der Waals surface area contributed by atoms with E-state index in [0.29, 0.717) is 52.7 Å². The summed E-state index contributed by atoms with van der Waals surface area (Å²) in [5, 5.41) is 0. The zero-order valence-corrected chi connectivity index (χ0v) is 17.9. The molecule has 3 heterocycles. The van der Waals surface area contributed by atoms with Crippen molar-refractivity contribution in [1.29, 1.82) is 0 Å². The molecule has 2 aromatic rings. The molecule has 0 amide bonds. The predicted octanol–water partition coefficient (Wildman–Crippen LogP) is 3.39. The minimum absolute atomic E-state index is 0.0305. The molecule has 2 aromatic carbocycles. The first-order valence-corrected chi connectivity index (χ1v) is 10.2. The third-order valence-electron chi connectivity index (χ3n) is 6.18. The minimum atomic E-state index is -0.586. The van der Waals surface area contributed by atoms with Gasteiger partial charge in [-0.05, 0) is 55.7 Å². The van der Waals surface area contributed by atoms with Gasteiger partial charge in [0.05, 0.1) is 19.9 Å². The molecule has 31 heavy (non-hydrogen) atoms. The quantitative estimate of drug-likeness (QED) is 0.749. The number of fused-ring (bicyclic) bond motifs is 5. The van der Waals surface area contributed by atoms with Crippen LogP contribution >= 0.6 is 0 Å². The second-order valence-corrected chi connectivity index (χ2v) is 7.86. The third-order valence-corrected chi connectivity index (χ3v) is 6.18. The molecule has 0 aliphatic carbocycles. The van der Waals surface area contributed by atoms with Crippen molar-refractivity contribution in [3.63, 3.8) is 0 Å². The summed E-state index contributed by atoms with van der Waals surface area (Å²) in [6.45, 7) is 3.88. The first kappa shape index (κ1) is 19.5. The van der Waals surface area contributed by atoms with Gasteiger partial charge in [0.25, 0.3) is 0 Å². The molecule has 1 unspecified atom stereocenters. The van der Waals surface area contributed by atoms with Crippen LogP contribution in [-0.4, -0.2) is 44.0 Å². The van der Waals surface area contributed by atoms with Crippen molar-refractivity contribution in [3.05, 3.63) is 46.5 Å². The number of hydrogen-bond acceptors (Lipinski definition) is 7. The Hall–Kier alpha value is -3.48. The fraction of sp³-hybridized carbons (Fsp3) is 0.333. The van der Waals surface area contributed by atoms with E-state index in [1.165, 1.54) is 0 Å². The number of nitrogens with zero attached hydrogens (tertiary/aromatic N) is 1. The van der Waals surface area contributed by atoms with E-state index < -0.39 is 6.04 Å². The first-order valence-electron chi connectivity index (χ1n) is 10.2. The standard InChI is InChI=1S/C24H23NO6/c1-12(26)20-15-5-6-17(28-3)24(29-4)21(15)22(13(2)27)25-8-7-14-9-18-19(31-11-30-18)10-16(14)23(20)25/h5-6,9-10,22H,7-8,11H2,1-4H3. The molecule has 3 aliphatic rings. The van der Waals surface area contributed by atoms with Crippen molar-refractivity contribution in [2.45, 2.75) is 26.3 Å². The number of methoxy groups -OCH3 is 2. The molecule has 0 aromatic heterocycles. The smallest absolute Gasteiger partial charge is 0.231 e. The fourth-order valence-corrected chi connectivity index (χ4v) is 4.96. The number of allylic oxidation sites excluding steroid dienone is 1. The number of Topliss-reactive ketones (excluding diaryl/α,β-unsaturated/α-hetero) is 2. The Morgan fingerprint density at radius 1 is 1.03 bits per heavy atom. The topological polar surface area (TPSA) is 74.3 Å². The van der Waals surface area contributed by atoms with Gasteiger partial charge in [0.2, 0.25) is 6.79 Å². The number of benzene rings is 2. The molecule has 0 saturated carbocycles. The van der Waals surface area contributed by atoms with Gasteiger partial charge in [0.1, 0.15) is 6.04 Å². The summed E-state index contributed by atoms with van der Waals surface area (Å²) < 4.78 is 22.3. The summed E-state index contributed by atoms with van der Waals surface area (Å²) in [6.07, 6.45) is 0.714. The molecule has 0 fully saturated rings. The lowest BCUT2D eigenvalue weighted by molar-refractivity contribution is -0.121. The van der Waals surface area contributed by atoms with Crippen molar-refractivity contribution in [3.8, 4) is 23.0 Å². The monoisotopic (exact) mass is 421 g/mol. The van der Waals surface area contributed by atoms with Crippen molar-refractivity contribution < 1.29 is 28.5 Å². The largest absolute Gasteiger partial charge is 0.493 e. The molecule has 0 saturated heterocycles. The number of rotatable bonds is 4. The Bertz CT molecular complexity index is 1170. The van der Waals surface area contributed by atoms with Gasteiger partial charge in [-0.1, -0.05) is 0 Å². The van der Waals surface area contributed by atoms with Crippen molar-refractivity contribution in [2.24, 2.45) is 0 Å². The van der Waals surface area contributed by atoms with E-state index in [0.717, 1.165) is 16.8 Å². The molecule has 7 nitrogen and oxygen atoms in total. The molecule has 3 aliphatic heterocycles. The third kappa shape index (κ3) is 2.72. The maximum Gasteiger partial charge on any atom is 0.231 e. The van der Waals surface area contributed by atoms with Crippen LogP contribution in [0.2, 0.25) is 0 Å². The lowest BCUT2D eigenvalue weighted by Crippen LogP contribution is -2.40. The summed E-state index contributed by atoms with van der Waals surface area (Å²) in [5.41, 5.74) is 4.66. The number of ether oxygens (including phenoxy) is 4. The van der Waals surface area contributed by atoms with Crippen LogP contribution in [0.4, 0.5) is 0 Å². The van der Waals surface area contributed by atoms with Gasteiger partial charge in [-0.25, -0.2) is 0 Å². The molecular formula is C24H23NO6. The van der Waals surface area contributed by atoms with Crippen LogP contribution in [-0.2, 0) is 16.0 Å². The van der Waals surface area contributed by atoms with E-state index in [-0.39, 0.29) is 18.4 Å². The zero-order valence-electron chi connectivity index (χ0n) is 17.9. The van der Waals surface area contributed by atoms with E-state index in [9.17, 15) is 9.59 Å². The van der Waals surface area contributed by atoms with Crippen molar-refractivity contribution in [2.75, 3.05) is 27.6 Å². The van der Waals surface area contributed by atoms with Crippen LogP contribution in [0.5, 0.6) is 23.0 Å². The van der Waals surface area contributed by atoms with Gasteiger partial charge in [-0.3, -0.25) is 9.59 Å². The second-order valence-electron chi connectivity index (χ2n) is 7.86. The predicted molar refractivity (Wildman–Crippen MR) is 113 cm³/mol. The Balaban J connectivity index is 1.87. The molecular weight excluding hydrogens is 398 g/mol. The molecule has 7 heteroatoms. The van der Waals surface area contributed by atoms with Crippen LogP contribution in [0.15, 0.2) is 24.3 Å². The molecule has 0 N–H and O–H groups in total. The minimum Gasteiger partial charge on any atom is -0.493 e. The molecule has 1 atom stereocenters. The number of carbonyl (C=O) groups excluding carboxylic acids is 2. The highest BCUT2D eigenvalue weighted by Gasteiger charge is 2.42. The Morgan fingerprint density at radius 2 is 1.77 bits per heavy atom. The van der Waals surface area contributed by atoms with E-state index in [4.69, 9.17) is 18.9 Å². The highest BCUT2D eigenvalue weighted by atomic mass is 16.7. The van der Waals surface area contributed by atoms with Crippen LogP contribution in [0, 0.1) is 0 Å². The summed E-state index contributed by atoms with van der Waals surface area (Å²) >= 11 is 0. The maximum atomic E-state index is 13.0. The van der Waals surface area contributed by atoms with Gasteiger partial charge in [-0.15, -0.1) is 0 Å². The normalized spacial score (nSPS) is 18.2. The average Bonchev–Trinajstić information content (AvgIpc) is 3.21. The fourth-order valence-electron chi connectivity index (χ4n) is 4.96. The molecule has 0 spiro atoms. The number of carbonyl (C=O) groups is 2. The maximum absolute atomic E-state index is 13.0. The Labute approximate surface area is 180 Å². The highest BCUT2D eigenvalue weighted by Crippen LogP contribution is 2.52. The Kier molecular flexibility index (Phi) is 4.43. The summed E-state index contributed by atoms with van der Waals surface area (Å²) in [5.74, 6) is 2.25. The second kappa shape index (κ2) is 7.04. The van der Waals surface area contributed by atoms with Crippen LogP contribution < -0.4 is 18.9 Å². The van der Waals surface area contributed by atoms with Gasteiger partial charge >= 0.3 is 0 Å². The molecule has 160 valence electrons. The van der Waals surface area contributed by atoms with E-state index in [2.05, 4.69) is 0 Å². The number of ketones is 2. The highest BCUT2D eigenvalue weighted by molar-refractivity contribution is 6.28. The van der Waals surface area contributed by atoms with Crippen LogP contribution in [0.3, 0.4) is 0 Å². The zero-order chi connectivity index (χ0) is 21.9. The van der Waals surface area contributed by atoms with E-state index >= 15 is 0 Å². The van der Waals surface area contributed by atoms with Crippen LogP contribution in [0.1, 0.15) is 42.1 Å². The van der Waals surface area contributed by atoms with Crippen molar-refractivity contribution >= 4 is 22.8 Å². The van der Waals surface area contributed by atoms with E-state index in [1.54, 1.807) is 34.1 Å². The molecule has 0 bridgehead atoms. The summed E-state index contributed by atoms with van der Waals surface area (Å²) in [4.78, 5) is 28.0. The van der Waals surface area contributed by atoms with Gasteiger partial charge in [0.15, 0.2) is 34.6 Å².